The molecule has 28 heavy (non-hydrogen) atoms. The molecule has 0 aromatic heterocycles. The number of alkyl halides is 3. The van der Waals surface area contributed by atoms with Gasteiger partial charge in [0.15, 0.2) is 0 Å². The number of hydrogen-bond acceptors (Lipinski definition) is 3. The third kappa shape index (κ3) is 4.98. The maximum atomic E-state index is 12.9. The molecule has 0 spiro atoms. The van der Waals surface area contributed by atoms with E-state index in [2.05, 4.69) is 5.32 Å². The summed E-state index contributed by atoms with van der Waals surface area (Å²) in [4.78, 5) is 12.2. The largest absolute Gasteiger partial charge is 0.416 e. The van der Waals surface area contributed by atoms with Crippen LogP contribution in [0.5, 0.6) is 0 Å². The fraction of sp³-hybridized carbons (Fsp3) is 0.632. The molecule has 2 aliphatic rings. The van der Waals surface area contributed by atoms with Crippen LogP contribution in [0.2, 0.25) is 0 Å². The van der Waals surface area contributed by atoms with Crippen molar-refractivity contribution in [3.8, 4) is 0 Å². The Balaban J connectivity index is 1.59. The number of anilines is 1. The Kier molecular flexibility index (Phi) is 5.93. The smallest absolute Gasteiger partial charge is 0.353 e. The molecule has 1 amide bonds. The summed E-state index contributed by atoms with van der Waals surface area (Å²) in [6.45, 7) is -0.0513. The van der Waals surface area contributed by atoms with Gasteiger partial charge in [0, 0.05) is 19.0 Å². The van der Waals surface area contributed by atoms with Crippen molar-refractivity contribution in [3.63, 3.8) is 0 Å². The first-order valence-electron chi connectivity index (χ1n) is 9.48. The topological polar surface area (TPSA) is 66.5 Å². The second-order valence-electron chi connectivity index (χ2n) is 7.84. The van der Waals surface area contributed by atoms with Crippen LogP contribution in [0.3, 0.4) is 0 Å². The number of sulfonamides is 1. The van der Waals surface area contributed by atoms with Gasteiger partial charge in [-0.25, -0.2) is 8.42 Å². The van der Waals surface area contributed by atoms with Gasteiger partial charge in [0.25, 0.3) is 0 Å². The second kappa shape index (κ2) is 7.93. The molecule has 2 saturated carbocycles. The fourth-order valence-corrected chi connectivity index (χ4v) is 5.36. The summed E-state index contributed by atoms with van der Waals surface area (Å²) in [6, 6.07) is 4.42. The standard InChI is InChI=1S/C19H25F3N2O3S/c1-28(26,27)24(16-5-2-4-15(12-16)19(20,21)22)9-3-6-18(25)23-17-11-13-7-8-14(17)10-13/h2,4-5,12-14,17H,3,6-11H2,1H3,(H,23,25)/t13-,14+,17+/m0/s1. The number of nitrogens with zero attached hydrogens (tertiary/aromatic N) is 1. The molecule has 3 rings (SSSR count). The Labute approximate surface area is 163 Å². The molecule has 1 aromatic carbocycles. The van der Waals surface area contributed by atoms with Gasteiger partial charge in [-0.3, -0.25) is 9.10 Å². The second-order valence-corrected chi connectivity index (χ2v) is 9.74. The molecule has 1 aromatic rings. The summed E-state index contributed by atoms with van der Waals surface area (Å²) in [5, 5.41) is 3.04. The van der Waals surface area contributed by atoms with E-state index in [1.54, 1.807) is 0 Å². The predicted molar refractivity (Wildman–Crippen MR) is 100 cm³/mol. The maximum Gasteiger partial charge on any atom is 0.416 e. The van der Waals surface area contributed by atoms with Crippen molar-refractivity contribution in [2.24, 2.45) is 11.8 Å². The number of benzene rings is 1. The number of nitrogens with one attached hydrogen (secondary N) is 1. The summed E-state index contributed by atoms with van der Waals surface area (Å²) >= 11 is 0. The van der Waals surface area contributed by atoms with Crippen LogP contribution >= 0.6 is 0 Å². The lowest BCUT2D eigenvalue weighted by Gasteiger charge is -2.24. The van der Waals surface area contributed by atoms with Crippen molar-refractivity contribution < 1.29 is 26.4 Å². The molecule has 0 unspecified atom stereocenters. The number of fused-ring (bicyclic) bond motifs is 2. The van der Waals surface area contributed by atoms with Crippen molar-refractivity contribution in [2.45, 2.75) is 50.7 Å². The van der Waals surface area contributed by atoms with E-state index in [4.69, 9.17) is 0 Å². The number of carbonyl (C=O) groups excluding carboxylic acids is 1. The van der Waals surface area contributed by atoms with Gasteiger partial charge in [0.1, 0.15) is 0 Å². The molecule has 1 N–H and O–H groups in total. The highest BCUT2D eigenvalue weighted by molar-refractivity contribution is 7.92. The average Bonchev–Trinajstić information content (AvgIpc) is 3.20. The normalized spacial score (nSPS) is 24.4. The van der Waals surface area contributed by atoms with Crippen LogP contribution in [-0.2, 0) is 21.0 Å². The molecule has 2 bridgehead atoms. The highest BCUT2D eigenvalue weighted by atomic mass is 32.2. The number of amides is 1. The Hall–Kier alpha value is -1.77. The van der Waals surface area contributed by atoms with Gasteiger partial charge in [-0.15, -0.1) is 0 Å². The monoisotopic (exact) mass is 418 g/mol. The van der Waals surface area contributed by atoms with E-state index in [0.29, 0.717) is 11.8 Å². The summed E-state index contributed by atoms with van der Waals surface area (Å²) in [7, 11) is -3.77. The first-order valence-corrected chi connectivity index (χ1v) is 11.3. The van der Waals surface area contributed by atoms with Crippen LogP contribution in [0, 0.1) is 11.8 Å². The summed E-state index contributed by atoms with van der Waals surface area (Å²) in [5.41, 5.74) is -0.960. The Morgan fingerprint density at radius 3 is 2.57 bits per heavy atom. The van der Waals surface area contributed by atoms with E-state index in [0.717, 1.165) is 35.5 Å². The Bertz CT molecular complexity index is 826. The van der Waals surface area contributed by atoms with Crippen LogP contribution < -0.4 is 9.62 Å². The van der Waals surface area contributed by atoms with Gasteiger partial charge in [0.05, 0.1) is 17.5 Å². The quantitative estimate of drug-likeness (QED) is 0.736. The molecule has 2 fully saturated rings. The minimum atomic E-state index is -4.56. The van der Waals surface area contributed by atoms with Crippen molar-refractivity contribution >= 4 is 21.6 Å². The molecule has 2 aliphatic carbocycles. The number of halogens is 3. The van der Waals surface area contributed by atoms with Crippen LogP contribution in [0.25, 0.3) is 0 Å². The maximum absolute atomic E-state index is 12.9. The van der Waals surface area contributed by atoms with E-state index in [-0.39, 0.29) is 37.0 Å². The SMILES string of the molecule is CS(=O)(=O)N(CCCC(=O)N[C@@H]1C[C@H]2CC[C@@H]1C2)c1cccc(C(F)(F)F)c1. The molecule has 3 atom stereocenters. The van der Waals surface area contributed by atoms with E-state index < -0.39 is 21.8 Å². The lowest BCUT2D eigenvalue weighted by atomic mass is 9.95. The zero-order chi connectivity index (χ0) is 20.5. The van der Waals surface area contributed by atoms with E-state index in [9.17, 15) is 26.4 Å². The van der Waals surface area contributed by atoms with Crippen LogP contribution in [-0.4, -0.2) is 33.2 Å². The summed E-state index contributed by atoms with van der Waals surface area (Å²) < 4.78 is 63.8. The van der Waals surface area contributed by atoms with Crippen molar-refractivity contribution in [2.75, 3.05) is 17.1 Å². The van der Waals surface area contributed by atoms with Gasteiger partial charge < -0.3 is 5.32 Å². The highest BCUT2D eigenvalue weighted by Crippen LogP contribution is 2.44. The third-order valence-corrected chi connectivity index (χ3v) is 6.91. The van der Waals surface area contributed by atoms with Gasteiger partial charge in [0.2, 0.25) is 15.9 Å². The Morgan fingerprint density at radius 1 is 1.25 bits per heavy atom. The van der Waals surface area contributed by atoms with Crippen molar-refractivity contribution in [1.82, 2.24) is 5.32 Å². The Morgan fingerprint density at radius 2 is 2.00 bits per heavy atom. The highest BCUT2D eigenvalue weighted by Gasteiger charge is 2.40. The van der Waals surface area contributed by atoms with E-state index in [1.807, 2.05) is 0 Å². The number of carbonyl (C=O) groups is 1. The van der Waals surface area contributed by atoms with Crippen LogP contribution in [0.4, 0.5) is 18.9 Å². The molecule has 0 saturated heterocycles. The van der Waals surface area contributed by atoms with Crippen molar-refractivity contribution in [3.05, 3.63) is 29.8 Å². The average molecular weight is 418 g/mol. The van der Waals surface area contributed by atoms with Gasteiger partial charge in [-0.2, -0.15) is 13.2 Å². The molecular formula is C19H25F3N2O3S. The zero-order valence-corrected chi connectivity index (χ0v) is 16.5. The van der Waals surface area contributed by atoms with Crippen molar-refractivity contribution in [1.29, 1.82) is 0 Å². The van der Waals surface area contributed by atoms with Gasteiger partial charge in [-0.05, 0) is 55.7 Å². The number of hydrogen-bond donors (Lipinski definition) is 1. The lowest BCUT2D eigenvalue weighted by Crippen LogP contribution is -2.39. The third-order valence-electron chi connectivity index (χ3n) is 5.71. The minimum absolute atomic E-state index is 0.0502. The molecule has 0 aliphatic heterocycles. The zero-order valence-electron chi connectivity index (χ0n) is 15.7. The van der Waals surface area contributed by atoms with Crippen LogP contribution in [0.15, 0.2) is 24.3 Å². The van der Waals surface area contributed by atoms with E-state index in [1.165, 1.54) is 25.0 Å². The lowest BCUT2D eigenvalue weighted by molar-refractivity contribution is -0.137. The molecule has 0 radical (unpaired) electrons. The first-order chi connectivity index (χ1) is 13.0. The van der Waals surface area contributed by atoms with Crippen LogP contribution in [0.1, 0.15) is 44.1 Å². The van der Waals surface area contributed by atoms with E-state index >= 15 is 0 Å². The minimum Gasteiger partial charge on any atom is -0.353 e. The fourth-order valence-electron chi connectivity index (χ4n) is 4.41. The summed E-state index contributed by atoms with van der Waals surface area (Å²) in [5.74, 6) is 1.12. The van der Waals surface area contributed by atoms with Gasteiger partial charge >= 0.3 is 6.18 Å². The predicted octanol–water partition coefficient (Wildman–Crippen LogP) is 3.56. The molecule has 156 valence electrons. The molecule has 0 heterocycles. The molecule has 9 heteroatoms. The number of rotatable bonds is 7. The molecule has 5 nitrogen and oxygen atoms in total. The van der Waals surface area contributed by atoms with Gasteiger partial charge in [-0.1, -0.05) is 12.5 Å². The first kappa shape index (κ1) is 21.0. The summed E-state index contributed by atoms with van der Waals surface area (Å²) in [6.07, 6.45) is 1.32. The molecular weight excluding hydrogens is 393 g/mol.